The smallest absolute Gasteiger partial charge is 0.293 e. The zero-order valence-corrected chi connectivity index (χ0v) is 23.0. The van der Waals surface area contributed by atoms with Gasteiger partial charge in [0.25, 0.3) is 11.1 Å². The zero-order valence-electron chi connectivity index (χ0n) is 18.5. The van der Waals surface area contributed by atoms with Gasteiger partial charge in [0, 0.05) is 10.0 Å². The molecule has 9 heteroatoms. The fourth-order valence-electron chi connectivity index (χ4n) is 3.45. The highest BCUT2D eigenvalue weighted by Crippen LogP contribution is 2.38. The second-order valence-electron chi connectivity index (χ2n) is 7.45. The number of methoxy groups -OCH3 is 1. The van der Waals surface area contributed by atoms with Crippen molar-refractivity contribution in [3.63, 3.8) is 0 Å². The van der Waals surface area contributed by atoms with Crippen molar-refractivity contribution < 1.29 is 19.1 Å². The molecule has 0 unspecified atom stereocenters. The quantitative estimate of drug-likeness (QED) is 0.206. The number of amides is 2. The van der Waals surface area contributed by atoms with Crippen molar-refractivity contribution in [1.29, 1.82) is 5.26 Å². The number of carbonyl (C=O) groups excluding carboxylic acids is 2. The minimum Gasteiger partial charge on any atom is -0.493 e. The van der Waals surface area contributed by atoms with Gasteiger partial charge in [-0.1, -0.05) is 52.3 Å². The van der Waals surface area contributed by atoms with E-state index in [-0.39, 0.29) is 24.3 Å². The Kier molecular flexibility index (Phi) is 8.15. The predicted molar refractivity (Wildman–Crippen MR) is 147 cm³/mol. The number of rotatable bonds is 7. The van der Waals surface area contributed by atoms with Gasteiger partial charge in [0.1, 0.15) is 6.61 Å². The Morgan fingerprint density at radius 2 is 1.83 bits per heavy atom. The molecule has 1 fully saturated rings. The number of halogens is 2. The van der Waals surface area contributed by atoms with Crippen LogP contribution in [0.5, 0.6) is 11.5 Å². The number of carbonyl (C=O) groups is 2. The van der Waals surface area contributed by atoms with Crippen LogP contribution in [0.1, 0.15) is 22.3 Å². The first kappa shape index (κ1) is 25.3. The van der Waals surface area contributed by atoms with E-state index in [1.807, 2.05) is 48.5 Å². The van der Waals surface area contributed by atoms with E-state index in [9.17, 15) is 14.9 Å². The van der Waals surface area contributed by atoms with Crippen molar-refractivity contribution >= 4 is 67.5 Å². The molecule has 3 aromatic carbocycles. The number of ether oxygens (including phenoxy) is 2. The molecule has 6 nitrogen and oxygen atoms in total. The van der Waals surface area contributed by atoms with Gasteiger partial charge in [-0.15, -0.1) is 0 Å². The number of imide groups is 1. The number of hydrogen-bond acceptors (Lipinski definition) is 6. The van der Waals surface area contributed by atoms with Crippen LogP contribution < -0.4 is 9.47 Å². The van der Waals surface area contributed by atoms with Crippen molar-refractivity contribution in [2.24, 2.45) is 0 Å². The van der Waals surface area contributed by atoms with Gasteiger partial charge in [-0.05, 0) is 75.8 Å². The lowest BCUT2D eigenvalue weighted by atomic mass is 10.1. The normalized spacial score (nSPS) is 14.3. The van der Waals surface area contributed by atoms with Crippen LogP contribution >= 0.6 is 50.3 Å². The van der Waals surface area contributed by atoms with Crippen LogP contribution in [-0.2, 0) is 17.9 Å². The number of nitriles is 1. The summed E-state index contributed by atoms with van der Waals surface area (Å²) >= 11 is 6.52. The van der Waals surface area contributed by atoms with Crippen LogP contribution in [0.2, 0.25) is 0 Å². The Hall–Kier alpha value is -2.81. The second-order valence-corrected chi connectivity index (χ2v) is 10.5. The summed E-state index contributed by atoms with van der Waals surface area (Å²) in [6.45, 7) is 0.407. The van der Waals surface area contributed by atoms with Gasteiger partial charge in [0.15, 0.2) is 11.5 Å². The fraction of sp³-hybridized carbons (Fsp3) is 0.115. The van der Waals surface area contributed by atoms with Gasteiger partial charge in [-0.25, -0.2) is 0 Å². The van der Waals surface area contributed by atoms with Crippen molar-refractivity contribution in [2.45, 2.75) is 13.2 Å². The van der Waals surface area contributed by atoms with E-state index in [0.717, 1.165) is 30.9 Å². The predicted octanol–water partition coefficient (Wildman–Crippen LogP) is 6.75. The second kappa shape index (κ2) is 11.3. The summed E-state index contributed by atoms with van der Waals surface area (Å²) in [7, 11) is 1.54. The SMILES string of the molecule is COc1cc(/C=C2/SC(=O)N(Cc3ccccc3Br)C2=O)cc(I)c1OCc1ccccc1C#N. The summed E-state index contributed by atoms with van der Waals surface area (Å²) in [5.41, 5.74) is 2.89. The fourth-order valence-corrected chi connectivity index (χ4v) is 5.48. The Balaban J connectivity index is 1.55. The lowest BCUT2D eigenvalue weighted by molar-refractivity contribution is -0.123. The maximum atomic E-state index is 13.0. The number of hydrogen-bond donors (Lipinski definition) is 0. The summed E-state index contributed by atoms with van der Waals surface area (Å²) in [6.07, 6.45) is 1.68. The average Bonchev–Trinajstić information content (AvgIpc) is 3.11. The minimum absolute atomic E-state index is 0.196. The molecule has 0 saturated carbocycles. The Morgan fingerprint density at radius 3 is 2.54 bits per heavy atom. The van der Waals surface area contributed by atoms with Crippen molar-refractivity contribution in [2.75, 3.05) is 7.11 Å². The Morgan fingerprint density at radius 1 is 1.11 bits per heavy atom. The monoisotopic (exact) mass is 660 g/mol. The van der Waals surface area contributed by atoms with Gasteiger partial charge in [-0.2, -0.15) is 5.26 Å². The van der Waals surface area contributed by atoms with E-state index in [4.69, 9.17) is 9.47 Å². The summed E-state index contributed by atoms with van der Waals surface area (Å²) in [5.74, 6) is 0.697. The van der Waals surface area contributed by atoms with Gasteiger partial charge in [0.05, 0.1) is 33.8 Å². The largest absolute Gasteiger partial charge is 0.493 e. The molecule has 0 bridgehead atoms. The molecule has 35 heavy (non-hydrogen) atoms. The molecule has 2 amide bonds. The molecule has 176 valence electrons. The van der Waals surface area contributed by atoms with Crippen LogP contribution in [0.25, 0.3) is 6.08 Å². The van der Waals surface area contributed by atoms with Gasteiger partial charge in [-0.3, -0.25) is 14.5 Å². The summed E-state index contributed by atoms with van der Waals surface area (Å²) in [5, 5.41) is 8.99. The molecule has 0 aromatic heterocycles. The molecular weight excluding hydrogens is 643 g/mol. The molecule has 1 aliphatic rings. The van der Waals surface area contributed by atoms with Crippen LogP contribution in [0.3, 0.4) is 0 Å². The third-order valence-corrected chi connectivity index (χ3v) is 7.70. The highest BCUT2D eigenvalue weighted by molar-refractivity contribution is 14.1. The van der Waals surface area contributed by atoms with E-state index in [0.29, 0.717) is 27.5 Å². The molecule has 4 rings (SSSR count). The molecule has 0 atom stereocenters. The number of benzene rings is 3. The molecule has 0 N–H and O–H groups in total. The lowest BCUT2D eigenvalue weighted by Gasteiger charge is -2.14. The third kappa shape index (κ3) is 5.72. The van der Waals surface area contributed by atoms with E-state index in [1.165, 1.54) is 12.0 Å². The first-order chi connectivity index (χ1) is 16.9. The van der Waals surface area contributed by atoms with E-state index in [1.54, 1.807) is 18.2 Å². The summed E-state index contributed by atoms with van der Waals surface area (Å²) in [6, 6.07) is 20.5. The summed E-state index contributed by atoms with van der Waals surface area (Å²) < 4.78 is 13.2. The van der Waals surface area contributed by atoms with Crippen molar-refractivity contribution in [3.8, 4) is 17.6 Å². The zero-order chi connectivity index (χ0) is 24.9. The molecule has 0 spiro atoms. The van der Waals surface area contributed by atoms with Crippen LogP contribution in [0.15, 0.2) is 70.0 Å². The first-order valence-electron chi connectivity index (χ1n) is 10.4. The lowest BCUT2D eigenvalue weighted by Crippen LogP contribution is -2.27. The molecule has 1 saturated heterocycles. The Bertz CT molecular complexity index is 1390. The van der Waals surface area contributed by atoms with Gasteiger partial charge < -0.3 is 9.47 Å². The number of thioether (sulfide) groups is 1. The maximum absolute atomic E-state index is 13.0. The van der Waals surface area contributed by atoms with Crippen molar-refractivity contribution in [3.05, 3.63) is 95.9 Å². The molecule has 1 heterocycles. The highest BCUT2D eigenvalue weighted by atomic mass is 127. The topological polar surface area (TPSA) is 79.6 Å². The van der Waals surface area contributed by atoms with E-state index < -0.39 is 0 Å². The molecule has 3 aromatic rings. The average molecular weight is 661 g/mol. The van der Waals surface area contributed by atoms with E-state index >= 15 is 0 Å². The summed E-state index contributed by atoms with van der Waals surface area (Å²) in [4.78, 5) is 27.1. The van der Waals surface area contributed by atoms with Crippen LogP contribution in [0, 0.1) is 14.9 Å². The molecular formula is C26H18BrIN2O4S. The number of nitrogens with zero attached hydrogens (tertiary/aromatic N) is 2. The maximum Gasteiger partial charge on any atom is 0.293 e. The van der Waals surface area contributed by atoms with Crippen LogP contribution in [-0.4, -0.2) is 23.2 Å². The minimum atomic E-state index is -0.335. The standard InChI is InChI=1S/C26H18BrIN2O4S/c1-33-22-11-16(10-21(28)24(22)34-15-19-8-3-2-6-17(19)13-29)12-23-25(31)30(26(32)35-23)14-18-7-4-5-9-20(18)27/h2-12H,14-15H2,1H3/b23-12+. The first-order valence-corrected chi connectivity index (χ1v) is 13.1. The van der Waals surface area contributed by atoms with Gasteiger partial charge >= 0.3 is 0 Å². The molecule has 1 aliphatic heterocycles. The Labute approximate surface area is 229 Å². The highest BCUT2D eigenvalue weighted by Gasteiger charge is 2.35. The molecule has 0 radical (unpaired) electrons. The van der Waals surface area contributed by atoms with Gasteiger partial charge in [0.2, 0.25) is 0 Å². The van der Waals surface area contributed by atoms with Crippen molar-refractivity contribution in [1.82, 2.24) is 4.90 Å². The van der Waals surface area contributed by atoms with E-state index in [2.05, 4.69) is 44.6 Å². The van der Waals surface area contributed by atoms with Crippen LogP contribution in [0.4, 0.5) is 4.79 Å². The third-order valence-electron chi connectivity index (χ3n) is 5.22. The molecule has 0 aliphatic carbocycles.